The van der Waals surface area contributed by atoms with E-state index in [2.05, 4.69) is 20.3 Å². The standard InChI is InChI=1S/C16H17ClN6/c1-22-15-13(10-18-22)14(19-12-6-4-5-11(17)9-12)20-16(21-15)23-7-2-3-8-23/h4-6,9-10H,2-3,7-8H2,1H3,(H,19,20,21). The molecule has 1 aliphatic heterocycles. The van der Waals surface area contributed by atoms with Gasteiger partial charge in [0.15, 0.2) is 5.65 Å². The summed E-state index contributed by atoms with van der Waals surface area (Å²) in [5.74, 6) is 1.51. The highest BCUT2D eigenvalue weighted by Gasteiger charge is 2.19. The van der Waals surface area contributed by atoms with Crippen molar-refractivity contribution >= 4 is 40.1 Å². The summed E-state index contributed by atoms with van der Waals surface area (Å²) >= 11 is 6.07. The second-order valence-corrected chi connectivity index (χ2v) is 6.14. The van der Waals surface area contributed by atoms with Gasteiger partial charge in [-0.05, 0) is 31.0 Å². The highest BCUT2D eigenvalue weighted by Crippen LogP contribution is 2.28. The molecule has 0 atom stereocenters. The van der Waals surface area contributed by atoms with Crippen LogP contribution in [0, 0.1) is 0 Å². The Hall–Kier alpha value is -2.34. The molecule has 3 heterocycles. The highest BCUT2D eigenvalue weighted by molar-refractivity contribution is 6.30. The summed E-state index contributed by atoms with van der Waals surface area (Å²) in [5, 5.41) is 9.25. The zero-order valence-electron chi connectivity index (χ0n) is 12.8. The van der Waals surface area contributed by atoms with Gasteiger partial charge >= 0.3 is 0 Å². The first kappa shape index (κ1) is 14.3. The van der Waals surface area contributed by atoms with Crippen LogP contribution in [0.3, 0.4) is 0 Å². The van der Waals surface area contributed by atoms with E-state index in [0.717, 1.165) is 41.6 Å². The third-order valence-corrected chi connectivity index (χ3v) is 4.29. The summed E-state index contributed by atoms with van der Waals surface area (Å²) in [6.07, 6.45) is 4.16. The van der Waals surface area contributed by atoms with Crippen LogP contribution >= 0.6 is 11.6 Å². The van der Waals surface area contributed by atoms with E-state index in [1.54, 1.807) is 10.9 Å². The average molecular weight is 329 g/mol. The van der Waals surface area contributed by atoms with Crippen LogP contribution in [0.5, 0.6) is 0 Å². The van der Waals surface area contributed by atoms with Crippen molar-refractivity contribution in [3.63, 3.8) is 0 Å². The second-order valence-electron chi connectivity index (χ2n) is 5.71. The van der Waals surface area contributed by atoms with Gasteiger partial charge in [0.25, 0.3) is 0 Å². The number of nitrogens with one attached hydrogen (secondary N) is 1. The average Bonchev–Trinajstić information content (AvgIpc) is 3.18. The lowest BCUT2D eigenvalue weighted by Gasteiger charge is -2.17. The van der Waals surface area contributed by atoms with Gasteiger partial charge in [-0.2, -0.15) is 15.1 Å². The minimum Gasteiger partial charge on any atom is -0.341 e. The van der Waals surface area contributed by atoms with Crippen molar-refractivity contribution < 1.29 is 0 Å². The first-order chi connectivity index (χ1) is 11.2. The molecule has 4 rings (SSSR count). The fraction of sp³-hybridized carbons (Fsp3) is 0.312. The highest BCUT2D eigenvalue weighted by atomic mass is 35.5. The van der Waals surface area contributed by atoms with Gasteiger partial charge in [0, 0.05) is 30.8 Å². The van der Waals surface area contributed by atoms with E-state index in [9.17, 15) is 0 Å². The molecule has 0 unspecified atom stereocenters. The van der Waals surface area contributed by atoms with Crippen molar-refractivity contribution in [2.24, 2.45) is 7.05 Å². The molecule has 7 heteroatoms. The van der Waals surface area contributed by atoms with Crippen LogP contribution in [0.2, 0.25) is 5.02 Å². The molecule has 3 aromatic rings. The SMILES string of the molecule is Cn1ncc2c(Nc3cccc(Cl)c3)nc(N3CCCC3)nc21. The molecular formula is C16H17ClN6. The molecule has 6 nitrogen and oxygen atoms in total. The van der Waals surface area contributed by atoms with E-state index in [1.165, 1.54) is 12.8 Å². The monoisotopic (exact) mass is 328 g/mol. The van der Waals surface area contributed by atoms with Crippen molar-refractivity contribution in [3.05, 3.63) is 35.5 Å². The fourth-order valence-electron chi connectivity index (χ4n) is 2.87. The summed E-state index contributed by atoms with van der Waals surface area (Å²) in [4.78, 5) is 11.6. The Balaban J connectivity index is 1.80. The molecule has 1 aromatic carbocycles. The van der Waals surface area contributed by atoms with E-state index < -0.39 is 0 Å². The number of aryl methyl sites for hydroxylation is 1. The van der Waals surface area contributed by atoms with Gasteiger partial charge < -0.3 is 10.2 Å². The molecule has 1 N–H and O–H groups in total. The first-order valence-electron chi connectivity index (χ1n) is 7.68. The maximum absolute atomic E-state index is 6.07. The van der Waals surface area contributed by atoms with Crippen LogP contribution in [0.1, 0.15) is 12.8 Å². The van der Waals surface area contributed by atoms with Gasteiger partial charge in [-0.1, -0.05) is 17.7 Å². The van der Waals surface area contributed by atoms with E-state index in [0.29, 0.717) is 5.02 Å². The first-order valence-corrected chi connectivity index (χ1v) is 8.06. The van der Waals surface area contributed by atoms with Crippen LogP contribution < -0.4 is 10.2 Å². The van der Waals surface area contributed by atoms with Crippen LogP contribution in [-0.2, 0) is 7.05 Å². The summed E-state index contributed by atoms with van der Waals surface area (Å²) in [5.41, 5.74) is 1.72. The molecule has 0 saturated carbocycles. The van der Waals surface area contributed by atoms with Crippen molar-refractivity contribution in [3.8, 4) is 0 Å². The lowest BCUT2D eigenvalue weighted by molar-refractivity contribution is 0.782. The van der Waals surface area contributed by atoms with Gasteiger partial charge in [0.1, 0.15) is 5.82 Å². The van der Waals surface area contributed by atoms with Gasteiger partial charge in [-0.3, -0.25) is 4.68 Å². The van der Waals surface area contributed by atoms with E-state index in [-0.39, 0.29) is 0 Å². The number of hydrogen-bond acceptors (Lipinski definition) is 5. The molecule has 2 aromatic heterocycles. The maximum atomic E-state index is 6.07. The van der Waals surface area contributed by atoms with Gasteiger partial charge in [-0.15, -0.1) is 0 Å². The predicted molar refractivity (Wildman–Crippen MR) is 92.5 cm³/mol. The van der Waals surface area contributed by atoms with E-state index in [1.807, 2.05) is 31.3 Å². The predicted octanol–water partition coefficient (Wildman–Crippen LogP) is 3.36. The van der Waals surface area contributed by atoms with Crippen LogP contribution in [0.15, 0.2) is 30.5 Å². The summed E-state index contributed by atoms with van der Waals surface area (Å²) in [6, 6.07) is 7.60. The van der Waals surface area contributed by atoms with Crippen molar-refractivity contribution in [2.75, 3.05) is 23.3 Å². The molecule has 0 spiro atoms. The molecule has 0 amide bonds. The van der Waals surface area contributed by atoms with E-state index >= 15 is 0 Å². The summed E-state index contributed by atoms with van der Waals surface area (Å²) in [7, 11) is 1.90. The number of anilines is 3. The summed E-state index contributed by atoms with van der Waals surface area (Å²) in [6.45, 7) is 2.00. The smallest absolute Gasteiger partial charge is 0.229 e. The Morgan fingerprint density at radius 3 is 2.78 bits per heavy atom. The molecule has 23 heavy (non-hydrogen) atoms. The quantitative estimate of drug-likeness (QED) is 0.799. The molecule has 1 fully saturated rings. The minimum atomic E-state index is 0.686. The summed E-state index contributed by atoms with van der Waals surface area (Å²) < 4.78 is 1.78. The molecule has 1 saturated heterocycles. The Morgan fingerprint density at radius 2 is 2.00 bits per heavy atom. The minimum absolute atomic E-state index is 0.686. The van der Waals surface area contributed by atoms with Gasteiger partial charge in [-0.25, -0.2) is 0 Å². The second kappa shape index (κ2) is 5.70. The van der Waals surface area contributed by atoms with Crippen molar-refractivity contribution in [1.82, 2.24) is 19.7 Å². The third kappa shape index (κ3) is 2.70. The molecule has 0 aliphatic carbocycles. The molecule has 0 radical (unpaired) electrons. The Morgan fingerprint density at radius 1 is 1.17 bits per heavy atom. The normalized spacial score (nSPS) is 14.6. The maximum Gasteiger partial charge on any atom is 0.229 e. The number of halogens is 1. The molecule has 0 bridgehead atoms. The number of aromatic nitrogens is 4. The topological polar surface area (TPSA) is 58.9 Å². The number of fused-ring (bicyclic) bond motifs is 1. The Labute approximate surface area is 139 Å². The Kier molecular flexibility index (Phi) is 3.53. The lowest BCUT2D eigenvalue weighted by atomic mass is 10.3. The van der Waals surface area contributed by atoms with Crippen LogP contribution in [0.25, 0.3) is 11.0 Å². The Bertz CT molecular complexity index is 853. The third-order valence-electron chi connectivity index (χ3n) is 4.06. The van der Waals surface area contributed by atoms with Gasteiger partial charge in [0.2, 0.25) is 5.95 Å². The van der Waals surface area contributed by atoms with Crippen molar-refractivity contribution in [1.29, 1.82) is 0 Å². The van der Waals surface area contributed by atoms with Crippen LogP contribution in [0.4, 0.5) is 17.5 Å². The zero-order chi connectivity index (χ0) is 15.8. The number of hydrogen-bond donors (Lipinski definition) is 1. The fourth-order valence-corrected chi connectivity index (χ4v) is 3.06. The van der Waals surface area contributed by atoms with Crippen LogP contribution in [-0.4, -0.2) is 32.8 Å². The van der Waals surface area contributed by atoms with Gasteiger partial charge in [0.05, 0.1) is 11.6 Å². The largest absolute Gasteiger partial charge is 0.341 e. The zero-order valence-corrected chi connectivity index (χ0v) is 13.6. The molecule has 1 aliphatic rings. The van der Waals surface area contributed by atoms with E-state index in [4.69, 9.17) is 16.6 Å². The number of benzene rings is 1. The number of rotatable bonds is 3. The lowest BCUT2D eigenvalue weighted by Crippen LogP contribution is -2.21. The van der Waals surface area contributed by atoms with Crippen molar-refractivity contribution in [2.45, 2.75) is 12.8 Å². The number of nitrogens with zero attached hydrogens (tertiary/aromatic N) is 5. The molecular weight excluding hydrogens is 312 g/mol. The molecule has 118 valence electrons.